The van der Waals surface area contributed by atoms with Gasteiger partial charge in [-0.1, -0.05) is 26.0 Å². The Kier molecular flexibility index (Phi) is 3.45. The molecule has 1 heterocycles. The number of nitrogens with two attached hydrogens (primary N) is 1. The Balaban J connectivity index is 2.31. The monoisotopic (exact) mass is 237 g/mol. The lowest BCUT2D eigenvalue weighted by atomic mass is 9.96. The third-order valence-electron chi connectivity index (χ3n) is 3.06. The van der Waals surface area contributed by atoms with E-state index in [1.165, 1.54) is 11.1 Å². The van der Waals surface area contributed by atoms with Crippen molar-refractivity contribution >= 4 is 11.8 Å². The minimum absolute atomic E-state index is 0.318. The van der Waals surface area contributed by atoms with Crippen LogP contribution in [0.2, 0.25) is 0 Å². The summed E-state index contributed by atoms with van der Waals surface area (Å²) >= 11 is 1.93. The van der Waals surface area contributed by atoms with E-state index in [1.54, 1.807) is 7.11 Å². The molecule has 0 aliphatic carbocycles. The van der Waals surface area contributed by atoms with E-state index in [9.17, 15) is 0 Å². The third kappa shape index (κ3) is 2.06. The maximum atomic E-state index is 6.00. The van der Waals surface area contributed by atoms with E-state index in [4.69, 9.17) is 10.5 Å². The predicted octanol–water partition coefficient (Wildman–Crippen LogP) is 2.93. The molecule has 16 heavy (non-hydrogen) atoms. The zero-order chi connectivity index (χ0) is 11.7. The first-order valence-corrected chi connectivity index (χ1v) is 6.73. The molecule has 0 bridgehead atoms. The van der Waals surface area contributed by atoms with E-state index in [-0.39, 0.29) is 0 Å². The van der Waals surface area contributed by atoms with Crippen LogP contribution in [0.1, 0.15) is 36.1 Å². The maximum Gasteiger partial charge on any atom is 0.122 e. The van der Waals surface area contributed by atoms with Gasteiger partial charge in [0.25, 0.3) is 0 Å². The number of hydrogen-bond acceptors (Lipinski definition) is 3. The minimum Gasteiger partial charge on any atom is -0.496 e. The Morgan fingerprint density at radius 3 is 2.62 bits per heavy atom. The summed E-state index contributed by atoms with van der Waals surface area (Å²) in [7, 11) is 1.73. The van der Waals surface area contributed by atoms with E-state index in [0.717, 1.165) is 11.5 Å². The number of rotatable bonds is 3. The van der Waals surface area contributed by atoms with Crippen molar-refractivity contribution in [3.05, 3.63) is 29.3 Å². The molecule has 1 aliphatic rings. The van der Waals surface area contributed by atoms with Crippen molar-refractivity contribution in [2.24, 2.45) is 5.73 Å². The van der Waals surface area contributed by atoms with Crippen LogP contribution in [-0.4, -0.2) is 18.9 Å². The quantitative estimate of drug-likeness (QED) is 0.878. The van der Waals surface area contributed by atoms with Gasteiger partial charge in [-0.25, -0.2) is 0 Å². The van der Waals surface area contributed by atoms with Gasteiger partial charge in [-0.15, -0.1) is 0 Å². The molecule has 2 nitrogen and oxygen atoms in total. The largest absolute Gasteiger partial charge is 0.496 e. The van der Waals surface area contributed by atoms with Crippen LogP contribution >= 0.6 is 11.8 Å². The van der Waals surface area contributed by atoms with Crippen molar-refractivity contribution in [2.45, 2.75) is 31.1 Å². The van der Waals surface area contributed by atoms with E-state index in [2.05, 4.69) is 32.0 Å². The summed E-state index contributed by atoms with van der Waals surface area (Å²) in [6, 6.07) is 6.77. The third-order valence-corrected chi connectivity index (χ3v) is 4.62. The highest BCUT2D eigenvalue weighted by molar-refractivity contribution is 8.01. The number of hydrogen-bond donors (Lipinski definition) is 1. The number of benzene rings is 1. The summed E-state index contributed by atoms with van der Waals surface area (Å²) in [6.07, 6.45) is 0. The van der Waals surface area contributed by atoms with Crippen molar-refractivity contribution in [1.82, 2.24) is 0 Å². The molecule has 0 amide bonds. The molecule has 1 aromatic carbocycles. The van der Waals surface area contributed by atoms with Crippen LogP contribution in [0.5, 0.6) is 5.75 Å². The Bertz CT molecular complexity index is 378. The second-order valence-electron chi connectivity index (χ2n) is 4.57. The zero-order valence-electron chi connectivity index (χ0n) is 10.1. The first-order valence-electron chi connectivity index (χ1n) is 5.68. The normalized spacial score (nSPS) is 24.3. The lowest BCUT2D eigenvalue weighted by molar-refractivity contribution is 0.407. The first-order chi connectivity index (χ1) is 7.63. The molecule has 0 radical (unpaired) electrons. The molecule has 1 aliphatic heterocycles. The molecule has 2 atom stereocenters. The Labute approximate surface area is 102 Å². The lowest BCUT2D eigenvalue weighted by Gasteiger charge is -2.33. The molecule has 0 saturated carbocycles. The highest BCUT2D eigenvalue weighted by Crippen LogP contribution is 2.43. The summed E-state index contributed by atoms with van der Waals surface area (Å²) in [4.78, 5) is 0. The molecule has 3 heteroatoms. The van der Waals surface area contributed by atoms with Gasteiger partial charge in [0.05, 0.1) is 7.11 Å². The van der Waals surface area contributed by atoms with Gasteiger partial charge in [-0.05, 0) is 23.1 Å². The fraction of sp³-hybridized carbons (Fsp3) is 0.538. The van der Waals surface area contributed by atoms with Crippen molar-refractivity contribution in [2.75, 3.05) is 12.9 Å². The summed E-state index contributed by atoms with van der Waals surface area (Å²) in [5.41, 5.74) is 8.62. The molecule has 0 aromatic heterocycles. The number of methoxy groups -OCH3 is 1. The number of ether oxygens (including phenoxy) is 1. The van der Waals surface area contributed by atoms with Gasteiger partial charge in [0.2, 0.25) is 0 Å². The minimum atomic E-state index is 0.318. The molecule has 0 spiro atoms. The van der Waals surface area contributed by atoms with Crippen LogP contribution in [0.25, 0.3) is 0 Å². The van der Waals surface area contributed by atoms with Crippen molar-refractivity contribution in [3.8, 4) is 5.75 Å². The number of thioether (sulfide) groups is 1. The molecule has 1 fully saturated rings. The van der Waals surface area contributed by atoms with E-state index < -0.39 is 0 Å². The van der Waals surface area contributed by atoms with Gasteiger partial charge in [0.1, 0.15) is 5.75 Å². The SMILES string of the molecule is COc1ccc(C2SCC2N)cc1C(C)C. The van der Waals surface area contributed by atoms with Gasteiger partial charge in [0.15, 0.2) is 0 Å². The van der Waals surface area contributed by atoms with Crippen molar-refractivity contribution in [3.63, 3.8) is 0 Å². The molecule has 1 saturated heterocycles. The summed E-state index contributed by atoms with van der Waals surface area (Å²) < 4.78 is 5.38. The Morgan fingerprint density at radius 2 is 2.19 bits per heavy atom. The second-order valence-corrected chi connectivity index (χ2v) is 5.75. The van der Waals surface area contributed by atoms with E-state index >= 15 is 0 Å². The molecular formula is C13H19NOS. The molecule has 2 unspecified atom stereocenters. The summed E-state index contributed by atoms with van der Waals surface area (Å²) in [5, 5.41) is 0.475. The Hall–Kier alpha value is -0.670. The molecule has 2 rings (SSSR count). The average molecular weight is 237 g/mol. The fourth-order valence-corrected chi connectivity index (χ4v) is 2.97. The smallest absolute Gasteiger partial charge is 0.122 e. The van der Waals surface area contributed by atoms with E-state index in [1.807, 2.05) is 11.8 Å². The van der Waals surface area contributed by atoms with Gasteiger partial charge in [-0.3, -0.25) is 0 Å². The maximum absolute atomic E-state index is 6.00. The van der Waals surface area contributed by atoms with Crippen LogP contribution in [0.4, 0.5) is 0 Å². The molecule has 2 N–H and O–H groups in total. The van der Waals surface area contributed by atoms with Crippen LogP contribution in [0.3, 0.4) is 0 Å². The second kappa shape index (κ2) is 4.68. The molecule has 1 aromatic rings. The van der Waals surface area contributed by atoms with Crippen LogP contribution in [0.15, 0.2) is 18.2 Å². The first kappa shape index (κ1) is 11.8. The van der Waals surface area contributed by atoms with Crippen LogP contribution in [0, 0.1) is 0 Å². The van der Waals surface area contributed by atoms with Gasteiger partial charge in [0, 0.05) is 17.0 Å². The van der Waals surface area contributed by atoms with Crippen molar-refractivity contribution < 1.29 is 4.74 Å². The van der Waals surface area contributed by atoms with Crippen LogP contribution < -0.4 is 10.5 Å². The molecular weight excluding hydrogens is 218 g/mol. The topological polar surface area (TPSA) is 35.2 Å². The van der Waals surface area contributed by atoms with Gasteiger partial charge < -0.3 is 10.5 Å². The predicted molar refractivity (Wildman–Crippen MR) is 70.3 cm³/mol. The highest BCUT2D eigenvalue weighted by Gasteiger charge is 2.30. The lowest BCUT2D eigenvalue weighted by Crippen LogP contribution is -2.37. The fourth-order valence-electron chi connectivity index (χ4n) is 2.03. The summed E-state index contributed by atoms with van der Waals surface area (Å²) in [6.45, 7) is 4.38. The standard InChI is InChI=1S/C13H19NOS/c1-8(2)10-6-9(4-5-12(10)15-3)13-11(14)7-16-13/h4-6,8,11,13H,7,14H2,1-3H3. The zero-order valence-corrected chi connectivity index (χ0v) is 10.9. The van der Waals surface area contributed by atoms with Gasteiger partial charge in [-0.2, -0.15) is 11.8 Å². The summed E-state index contributed by atoms with van der Waals surface area (Å²) in [5.74, 6) is 2.54. The molecule has 88 valence electrons. The van der Waals surface area contributed by atoms with E-state index in [0.29, 0.717) is 17.2 Å². The average Bonchev–Trinajstić information content (AvgIpc) is 2.27. The van der Waals surface area contributed by atoms with Crippen LogP contribution in [-0.2, 0) is 0 Å². The van der Waals surface area contributed by atoms with Crippen molar-refractivity contribution in [1.29, 1.82) is 0 Å². The van der Waals surface area contributed by atoms with Gasteiger partial charge >= 0.3 is 0 Å². The Morgan fingerprint density at radius 1 is 1.44 bits per heavy atom. The highest BCUT2D eigenvalue weighted by atomic mass is 32.2.